The Morgan fingerprint density at radius 1 is 1.42 bits per heavy atom. The van der Waals surface area contributed by atoms with Gasteiger partial charge in [-0.15, -0.1) is 0 Å². The first kappa shape index (κ1) is 16.1. The maximum Gasteiger partial charge on any atom is 0.324 e. The van der Waals surface area contributed by atoms with E-state index in [9.17, 15) is 18.3 Å². The van der Waals surface area contributed by atoms with Crippen LogP contribution >= 0.6 is 15.9 Å². The average Bonchev–Trinajstić information content (AvgIpc) is 2.28. The van der Waals surface area contributed by atoms with Crippen molar-refractivity contribution in [3.8, 4) is 0 Å². The van der Waals surface area contributed by atoms with E-state index in [4.69, 9.17) is 5.11 Å². The van der Waals surface area contributed by atoms with Crippen LogP contribution in [-0.2, 0) is 14.8 Å². The molecule has 19 heavy (non-hydrogen) atoms. The van der Waals surface area contributed by atoms with Gasteiger partial charge in [-0.1, -0.05) is 22.0 Å². The first-order valence-electron chi connectivity index (χ1n) is 5.34. The molecule has 0 aliphatic rings. The van der Waals surface area contributed by atoms with Gasteiger partial charge < -0.3 is 10.2 Å². The predicted octanol–water partition coefficient (Wildman–Crippen LogP) is 0.870. The number of hydrogen-bond acceptors (Lipinski definition) is 4. The van der Waals surface area contributed by atoms with Crippen molar-refractivity contribution < 1.29 is 23.4 Å². The maximum atomic E-state index is 12.1. The number of aliphatic carboxylic acids is 1. The Labute approximate surface area is 119 Å². The number of benzene rings is 1. The Balaban J connectivity index is 3.17. The van der Waals surface area contributed by atoms with Crippen molar-refractivity contribution in [2.75, 3.05) is 0 Å². The van der Waals surface area contributed by atoms with Crippen molar-refractivity contribution in [3.05, 3.63) is 28.2 Å². The summed E-state index contributed by atoms with van der Waals surface area (Å²) in [6.07, 6.45) is -1.35. The molecule has 8 heteroatoms. The third-order valence-electron chi connectivity index (χ3n) is 2.47. The van der Waals surface area contributed by atoms with Crippen LogP contribution in [0.25, 0.3) is 0 Å². The van der Waals surface area contributed by atoms with Crippen LogP contribution in [0.1, 0.15) is 12.5 Å². The summed E-state index contributed by atoms with van der Waals surface area (Å²) in [5, 5.41) is 18.2. The lowest BCUT2D eigenvalue weighted by atomic mass is 10.2. The average molecular weight is 352 g/mol. The van der Waals surface area contributed by atoms with Crippen LogP contribution in [0.5, 0.6) is 0 Å². The molecule has 0 saturated heterocycles. The molecule has 0 radical (unpaired) electrons. The molecule has 0 heterocycles. The molecule has 2 unspecified atom stereocenters. The van der Waals surface area contributed by atoms with Crippen molar-refractivity contribution in [2.45, 2.75) is 30.9 Å². The molecule has 106 valence electrons. The van der Waals surface area contributed by atoms with Crippen LogP contribution in [0.15, 0.2) is 27.6 Å². The van der Waals surface area contributed by atoms with Crippen LogP contribution in [0.2, 0.25) is 0 Å². The van der Waals surface area contributed by atoms with Crippen molar-refractivity contribution in [1.29, 1.82) is 0 Å². The van der Waals surface area contributed by atoms with Gasteiger partial charge in [-0.3, -0.25) is 4.79 Å². The molecule has 0 bridgehead atoms. The number of halogens is 1. The van der Waals surface area contributed by atoms with Gasteiger partial charge in [-0.05, 0) is 31.5 Å². The van der Waals surface area contributed by atoms with Gasteiger partial charge in [0.2, 0.25) is 10.0 Å². The fourth-order valence-corrected chi connectivity index (χ4v) is 3.49. The number of carboxylic acid groups (broad SMARTS) is 1. The lowest BCUT2D eigenvalue weighted by Crippen LogP contribution is -2.47. The van der Waals surface area contributed by atoms with Crippen LogP contribution < -0.4 is 4.72 Å². The number of hydrogen-bond donors (Lipinski definition) is 3. The quantitative estimate of drug-likeness (QED) is 0.730. The van der Waals surface area contributed by atoms with Crippen molar-refractivity contribution in [1.82, 2.24) is 4.72 Å². The molecular weight excluding hydrogens is 338 g/mol. The van der Waals surface area contributed by atoms with E-state index >= 15 is 0 Å². The van der Waals surface area contributed by atoms with E-state index in [1.807, 2.05) is 4.72 Å². The van der Waals surface area contributed by atoms with Crippen LogP contribution in [0, 0.1) is 6.92 Å². The Morgan fingerprint density at radius 2 is 2.00 bits per heavy atom. The summed E-state index contributed by atoms with van der Waals surface area (Å²) in [4.78, 5) is 10.9. The van der Waals surface area contributed by atoms with E-state index in [1.165, 1.54) is 13.0 Å². The zero-order chi connectivity index (χ0) is 14.8. The Hall–Kier alpha value is -0.960. The molecule has 0 amide bonds. The lowest BCUT2D eigenvalue weighted by Gasteiger charge is -2.18. The predicted molar refractivity (Wildman–Crippen MR) is 72.3 cm³/mol. The zero-order valence-electron chi connectivity index (χ0n) is 10.3. The molecule has 0 aliphatic carbocycles. The lowest BCUT2D eigenvalue weighted by molar-refractivity contribution is -0.141. The van der Waals surface area contributed by atoms with Crippen molar-refractivity contribution in [2.24, 2.45) is 0 Å². The van der Waals surface area contributed by atoms with Gasteiger partial charge in [-0.25, -0.2) is 8.42 Å². The number of carbonyl (C=O) groups is 1. The minimum atomic E-state index is -4.02. The SMILES string of the molecule is Cc1ccc(Br)cc1S(=O)(=O)NC(C(=O)O)C(C)O. The monoisotopic (exact) mass is 351 g/mol. The summed E-state index contributed by atoms with van der Waals surface area (Å²) in [6.45, 7) is 2.80. The van der Waals surface area contributed by atoms with Gasteiger partial charge in [0.1, 0.15) is 6.04 Å². The normalized spacial score (nSPS) is 14.9. The van der Waals surface area contributed by atoms with Crippen molar-refractivity contribution in [3.63, 3.8) is 0 Å². The molecular formula is C11H14BrNO5S. The molecule has 2 atom stereocenters. The molecule has 0 aromatic heterocycles. The number of aliphatic hydroxyl groups excluding tert-OH is 1. The highest BCUT2D eigenvalue weighted by Gasteiger charge is 2.30. The van der Waals surface area contributed by atoms with Crippen LogP contribution in [0.4, 0.5) is 0 Å². The summed E-state index contributed by atoms with van der Waals surface area (Å²) >= 11 is 3.15. The Bertz CT molecular complexity index is 585. The smallest absolute Gasteiger partial charge is 0.324 e. The number of aryl methyl sites for hydroxylation is 1. The molecule has 0 saturated carbocycles. The second-order valence-electron chi connectivity index (χ2n) is 4.09. The highest BCUT2D eigenvalue weighted by atomic mass is 79.9. The Kier molecular flexibility index (Phi) is 5.08. The van der Waals surface area contributed by atoms with Gasteiger partial charge in [0.15, 0.2) is 0 Å². The Morgan fingerprint density at radius 3 is 2.47 bits per heavy atom. The topological polar surface area (TPSA) is 104 Å². The highest BCUT2D eigenvalue weighted by molar-refractivity contribution is 9.10. The van der Waals surface area contributed by atoms with E-state index in [0.29, 0.717) is 10.0 Å². The van der Waals surface area contributed by atoms with E-state index in [2.05, 4.69) is 15.9 Å². The summed E-state index contributed by atoms with van der Waals surface area (Å²) in [7, 11) is -4.02. The number of sulfonamides is 1. The summed E-state index contributed by atoms with van der Waals surface area (Å²) < 4.78 is 26.8. The summed E-state index contributed by atoms with van der Waals surface area (Å²) in [5.41, 5.74) is 0.477. The minimum absolute atomic E-state index is 0.0335. The number of carboxylic acids is 1. The van der Waals surface area contributed by atoms with Gasteiger partial charge in [-0.2, -0.15) is 4.72 Å². The largest absolute Gasteiger partial charge is 0.480 e. The van der Waals surface area contributed by atoms with Crippen LogP contribution in [0.3, 0.4) is 0 Å². The molecule has 1 aromatic carbocycles. The fourth-order valence-electron chi connectivity index (χ4n) is 1.45. The molecule has 1 rings (SSSR count). The summed E-state index contributed by atoms with van der Waals surface area (Å²) in [5.74, 6) is -1.44. The minimum Gasteiger partial charge on any atom is -0.480 e. The van der Waals surface area contributed by atoms with Gasteiger partial charge >= 0.3 is 5.97 Å². The fraction of sp³-hybridized carbons (Fsp3) is 0.364. The number of nitrogens with one attached hydrogen (secondary N) is 1. The number of aliphatic hydroxyl groups is 1. The van der Waals surface area contributed by atoms with Crippen molar-refractivity contribution >= 4 is 31.9 Å². The molecule has 6 nitrogen and oxygen atoms in total. The second-order valence-corrected chi connectivity index (χ2v) is 6.69. The van der Waals surface area contributed by atoms with Gasteiger partial charge in [0.05, 0.1) is 11.0 Å². The van der Waals surface area contributed by atoms with Crippen LogP contribution in [-0.4, -0.2) is 36.7 Å². The van der Waals surface area contributed by atoms with E-state index in [1.54, 1.807) is 19.1 Å². The standard InChI is InChI=1S/C11H14BrNO5S/c1-6-3-4-8(12)5-9(6)19(17,18)13-10(7(2)14)11(15)16/h3-5,7,10,13-14H,1-2H3,(H,15,16). The number of rotatable bonds is 5. The van der Waals surface area contributed by atoms with Gasteiger partial charge in [0.25, 0.3) is 0 Å². The third kappa shape index (κ3) is 4.00. The summed E-state index contributed by atoms with van der Waals surface area (Å²) in [6, 6.07) is 3.05. The molecule has 0 aliphatic heterocycles. The molecule has 1 aromatic rings. The maximum absolute atomic E-state index is 12.1. The molecule has 0 spiro atoms. The van der Waals surface area contributed by atoms with Gasteiger partial charge in [0, 0.05) is 4.47 Å². The van der Waals surface area contributed by atoms with E-state index in [0.717, 1.165) is 0 Å². The first-order valence-corrected chi connectivity index (χ1v) is 7.62. The van der Waals surface area contributed by atoms with E-state index < -0.39 is 28.1 Å². The zero-order valence-corrected chi connectivity index (χ0v) is 12.7. The molecule has 3 N–H and O–H groups in total. The highest BCUT2D eigenvalue weighted by Crippen LogP contribution is 2.20. The van der Waals surface area contributed by atoms with E-state index in [-0.39, 0.29) is 4.90 Å². The third-order valence-corrected chi connectivity index (χ3v) is 4.55. The molecule has 0 fully saturated rings. The first-order chi connectivity index (χ1) is 8.65. The second kappa shape index (κ2) is 6.00.